The highest BCUT2D eigenvalue weighted by Gasteiger charge is 2.63. The molecule has 142 valence electrons. The maximum atomic E-state index is 13.6. The highest BCUT2D eigenvalue weighted by atomic mass is 19.4. The van der Waals surface area contributed by atoms with Crippen LogP contribution in [-0.2, 0) is 4.79 Å². The summed E-state index contributed by atoms with van der Waals surface area (Å²) >= 11 is 0. The second kappa shape index (κ2) is 6.79. The van der Waals surface area contributed by atoms with Crippen LogP contribution in [0.15, 0.2) is 59.7 Å². The number of benzene rings is 2. The van der Waals surface area contributed by atoms with Gasteiger partial charge >= 0.3 is 6.18 Å². The fourth-order valence-corrected chi connectivity index (χ4v) is 2.80. The zero-order valence-electron chi connectivity index (χ0n) is 14.3. The molecular formula is C19H17F3N2O3. The maximum absolute atomic E-state index is 13.6. The van der Waals surface area contributed by atoms with E-state index >= 15 is 0 Å². The third-order valence-corrected chi connectivity index (χ3v) is 4.38. The molecule has 0 aromatic heterocycles. The van der Waals surface area contributed by atoms with Gasteiger partial charge in [-0.15, -0.1) is 0 Å². The minimum absolute atomic E-state index is 0.0557. The first-order valence-corrected chi connectivity index (χ1v) is 8.14. The van der Waals surface area contributed by atoms with E-state index in [1.807, 2.05) is 6.92 Å². The van der Waals surface area contributed by atoms with Crippen molar-refractivity contribution >= 4 is 11.6 Å². The minimum Gasteiger partial charge on any atom is -0.378 e. The number of halogens is 3. The van der Waals surface area contributed by atoms with Gasteiger partial charge in [-0.2, -0.15) is 23.3 Å². The number of aryl methyl sites for hydroxylation is 1. The molecule has 0 spiro atoms. The van der Waals surface area contributed by atoms with Crippen molar-refractivity contribution in [2.45, 2.75) is 31.3 Å². The summed E-state index contributed by atoms with van der Waals surface area (Å²) in [5.74, 6) is -1.36. The summed E-state index contributed by atoms with van der Waals surface area (Å²) in [5, 5.41) is 24.2. The van der Waals surface area contributed by atoms with Crippen molar-refractivity contribution in [3.63, 3.8) is 0 Å². The number of hydrazone groups is 1. The number of alkyl halides is 3. The number of aliphatic hydroxyl groups excluding tert-OH is 1. The number of amides is 1. The van der Waals surface area contributed by atoms with Crippen molar-refractivity contribution in [1.29, 1.82) is 0 Å². The van der Waals surface area contributed by atoms with Crippen LogP contribution in [0.5, 0.6) is 0 Å². The monoisotopic (exact) mass is 378 g/mol. The number of carbonyl (C=O) groups excluding carboxylic acids is 1. The van der Waals surface area contributed by atoms with Gasteiger partial charge in [-0.25, -0.2) is 0 Å². The summed E-state index contributed by atoms with van der Waals surface area (Å²) in [4.78, 5) is 12.5. The Morgan fingerprint density at radius 3 is 2.30 bits per heavy atom. The van der Waals surface area contributed by atoms with Crippen LogP contribution in [0, 0.1) is 6.92 Å². The quantitative estimate of drug-likeness (QED) is 0.863. The highest BCUT2D eigenvalue weighted by Crippen LogP contribution is 2.42. The van der Waals surface area contributed by atoms with E-state index < -0.39 is 30.3 Å². The van der Waals surface area contributed by atoms with Crippen LogP contribution in [0.3, 0.4) is 0 Å². The summed E-state index contributed by atoms with van der Waals surface area (Å²) in [6.45, 7) is 1.82. The van der Waals surface area contributed by atoms with E-state index in [0.29, 0.717) is 5.56 Å². The van der Waals surface area contributed by atoms with E-state index in [4.69, 9.17) is 0 Å². The predicted octanol–water partition coefficient (Wildman–Crippen LogP) is 2.92. The molecule has 0 saturated carbocycles. The van der Waals surface area contributed by atoms with E-state index in [-0.39, 0.29) is 16.3 Å². The molecule has 5 nitrogen and oxygen atoms in total. The van der Waals surface area contributed by atoms with Crippen molar-refractivity contribution in [2.24, 2.45) is 5.10 Å². The number of carbonyl (C=O) groups is 1. The fraction of sp³-hybridized carbons (Fsp3) is 0.263. The van der Waals surface area contributed by atoms with Gasteiger partial charge in [0, 0.05) is 0 Å². The lowest BCUT2D eigenvalue weighted by atomic mass is 9.99. The molecule has 0 unspecified atom stereocenters. The lowest BCUT2D eigenvalue weighted by Crippen LogP contribution is -2.57. The minimum atomic E-state index is -5.16. The zero-order valence-corrected chi connectivity index (χ0v) is 14.3. The van der Waals surface area contributed by atoms with Gasteiger partial charge in [0.05, 0.1) is 12.1 Å². The van der Waals surface area contributed by atoms with Crippen LogP contribution in [0.4, 0.5) is 13.2 Å². The van der Waals surface area contributed by atoms with Crippen molar-refractivity contribution in [3.8, 4) is 0 Å². The molecule has 2 atom stereocenters. The van der Waals surface area contributed by atoms with E-state index in [1.54, 1.807) is 30.3 Å². The van der Waals surface area contributed by atoms with Crippen molar-refractivity contribution < 1.29 is 28.2 Å². The molecule has 1 amide bonds. The lowest BCUT2D eigenvalue weighted by Gasteiger charge is -2.33. The van der Waals surface area contributed by atoms with E-state index in [9.17, 15) is 28.2 Å². The van der Waals surface area contributed by atoms with Crippen molar-refractivity contribution in [1.82, 2.24) is 5.01 Å². The van der Waals surface area contributed by atoms with Crippen LogP contribution in [0.25, 0.3) is 0 Å². The number of hydrogen-bond acceptors (Lipinski definition) is 4. The summed E-state index contributed by atoms with van der Waals surface area (Å²) in [5.41, 5.74) is -2.27. The first-order chi connectivity index (χ1) is 12.6. The van der Waals surface area contributed by atoms with Crippen LogP contribution >= 0.6 is 0 Å². The first-order valence-electron chi connectivity index (χ1n) is 8.14. The molecule has 1 aliphatic rings. The Kier molecular flexibility index (Phi) is 4.79. The van der Waals surface area contributed by atoms with Gasteiger partial charge < -0.3 is 10.2 Å². The molecule has 2 N–H and O–H groups in total. The smallest absolute Gasteiger partial charge is 0.378 e. The van der Waals surface area contributed by atoms with Crippen molar-refractivity contribution in [3.05, 3.63) is 71.3 Å². The third-order valence-electron chi connectivity index (χ3n) is 4.38. The van der Waals surface area contributed by atoms with Gasteiger partial charge in [0.15, 0.2) is 6.10 Å². The number of aliphatic hydroxyl groups is 2. The SMILES string of the molecule is Cc1ccc(C2=NN(C(=O)[C@@H](O)c3ccccc3)[C@@](O)(C(F)(F)F)C2)cc1. The second-order valence-corrected chi connectivity index (χ2v) is 6.37. The zero-order chi connectivity index (χ0) is 19.8. The average molecular weight is 378 g/mol. The van der Waals surface area contributed by atoms with Gasteiger partial charge in [-0.1, -0.05) is 60.2 Å². The van der Waals surface area contributed by atoms with Crippen LogP contribution in [-0.4, -0.2) is 38.7 Å². The normalized spacial score (nSPS) is 21.1. The summed E-state index contributed by atoms with van der Waals surface area (Å²) in [7, 11) is 0. The Labute approximate surface area is 153 Å². The molecule has 0 radical (unpaired) electrons. The molecule has 0 fully saturated rings. The van der Waals surface area contributed by atoms with Crippen LogP contribution in [0.2, 0.25) is 0 Å². The standard InChI is InChI=1S/C19H17F3N2O3/c1-12-7-9-13(10-8-12)15-11-18(27,19(20,21)22)24(23-15)17(26)16(25)14-5-3-2-4-6-14/h2-10,16,25,27H,11H2,1H3/t16-,18-/m0/s1. The topological polar surface area (TPSA) is 73.1 Å². The maximum Gasteiger partial charge on any atom is 0.438 e. The molecule has 2 aromatic carbocycles. The van der Waals surface area contributed by atoms with Crippen LogP contribution < -0.4 is 0 Å². The molecule has 0 saturated heterocycles. The average Bonchev–Trinajstić information content (AvgIpc) is 3.00. The summed E-state index contributed by atoms with van der Waals surface area (Å²) < 4.78 is 40.7. The fourth-order valence-electron chi connectivity index (χ4n) is 2.80. The molecule has 1 aliphatic heterocycles. The van der Waals surface area contributed by atoms with Gasteiger partial charge in [0.2, 0.25) is 0 Å². The number of nitrogens with zero attached hydrogens (tertiary/aromatic N) is 2. The Bertz CT molecular complexity index is 866. The molecule has 0 aliphatic carbocycles. The van der Waals surface area contributed by atoms with E-state index in [1.165, 1.54) is 24.3 Å². The third kappa shape index (κ3) is 3.45. The summed E-state index contributed by atoms with van der Waals surface area (Å²) in [6.07, 6.45) is -7.97. The molecule has 8 heteroatoms. The largest absolute Gasteiger partial charge is 0.438 e. The molecule has 27 heavy (non-hydrogen) atoms. The first kappa shape index (κ1) is 19.1. The van der Waals surface area contributed by atoms with Crippen molar-refractivity contribution in [2.75, 3.05) is 0 Å². The number of hydrogen-bond donors (Lipinski definition) is 2. The highest BCUT2D eigenvalue weighted by molar-refractivity contribution is 6.03. The summed E-state index contributed by atoms with van der Waals surface area (Å²) in [6, 6.07) is 14.0. The van der Waals surface area contributed by atoms with Gasteiger partial charge in [-0.05, 0) is 18.1 Å². The Balaban J connectivity index is 2.00. The lowest BCUT2D eigenvalue weighted by molar-refractivity contribution is -0.303. The molecule has 3 rings (SSSR count). The molecule has 0 bridgehead atoms. The van der Waals surface area contributed by atoms with Crippen LogP contribution in [0.1, 0.15) is 29.2 Å². The Morgan fingerprint density at radius 2 is 1.74 bits per heavy atom. The van der Waals surface area contributed by atoms with Gasteiger partial charge in [-0.3, -0.25) is 4.79 Å². The van der Waals surface area contributed by atoms with E-state index in [0.717, 1.165) is 5.56 Å². The predicted molar refractivity (Wildman–Crippen MR) is 91.6 cm³/mol. The Morgan fingerprint density at radius 1 is 1.15 bits per heavy atom. The molecule has 1 heterocycles. The number of rotatable bonds is 3. The second-order valence-electron chi connectivity index (χ2n) is 6.37. The molecule has 2 aromatic rings. The van der Waals surface area contributed by atoms with E-state index in [2.05, 4.69) is 5.10 Å². The van der Waals surface area contributed by atoms with Gasteiger partial charge in [0.25, 0.3) is 11.6 Å². The Hall–Kier alpha value is -2.71. The molecular weight excluding hydrogens is 361 g/mol. The van der Waals surface area contributed by atoms with Gasteiger partial charge in [0.1, 0.15) is 0 Å².